The van der Waals surface area contributed by atoms with Crippen LogP contribution in [0.25, 0.3) is 0 Å². The molecule has 3 heteroatoms. The predicted octanol–water partition coefficient (Wildman–Crippen LogP) is 1.84. The maximum Gasteiger partial charge on any atom is 0.122 e. The minimum absolute atomic E-state index is 0.384. The van der Waals surface area contributed by atoms with Crippen molar-refractivity contribution in [1.29, 1.82) is 0 Å². The van der Waals surface area contributed by atoms with Crippen molar-refractivity contribution in [1.82, 2.24) is 0 Å². The minimum atomic E-state index is -0.772. The van der Waals surface area contributed by atoms with Gasteiger partial charge >= 0.3 is 0 Å². The summed E-state index contributed by atoms with van der Waals surface area (Å²) in [5.41, 5.74) is 1.90. The van der Waals surface area contributed by atoms with Crippen molar-refractivity contribution < 1.29 is 10.3 Å². The smallest absolute Gasteiger partial charge is 0.122 e. The van der Waals surface area contributed by atoms with Crippen LogP contribution in [0.3, 0.4) is 0 Å². The van der Waals surface area contributed by atoms with Crippen LogP contribution in [-0.4, -0.2) is 16.0 Å². The number of hydrogen-bond donors (Lipinski definition) is 2. The molecule has 14 heavy (non-hydrogen) atoms. The molecule has 0 bridgehead atoms. The van der Waals surface area contributed by atoms with Crippen molar-refractivity contribution in [3.63, 3.8) is 0 Å². The molecule has 74 valence electrons. The Hall–Kier alpha value is -1.35. The minimum Gasteiger partial charge on any atom is -0.411 e. The van der Waals surface area contributed by atoms with Gasteiger partial charge in [0, 0.05) is 5.41 Å². The summed E-state index contributed by atoms with van der Waals surface area (Å²) in [6, 6.07) is 7.61. The van der Waals surface area contributed by atoms with Gasteiger partial charge in [-0.3, -0.25) is 0 Å². The molecule has 1 aromatic rings. The Kier molecular flexibility index (Phi) is 1.86. The highest BCUT2D eigenvalue weighted by atomic mass is 16.4. The van der Waals surface area contributed by atoms with Crippen LogP contribution in [0, 0.1) is 0 Å². The van der Waals surface area contributed by atoms with Gasteiger partial charge in [-0.1, -0.05) is 43.3 Å². The highest BCUT2D eigenvalue weighted by Crippen LogP contribution is 2.41. The fourth-order valence-corrected chi connectivity index (χ4v) is 2.11. The third kappa shape index (κ3) is 0.990. The van der Waals surface area contributed by atoms with E-state index >= 15 is 0 Å². The highest BCUT2D eigenvalue weighted by molar-refractivity contribution is 6.02. The van der Waals surface area contributed by atoms with Crippen LogP contribution >= 0.6 is 0 Å². The summed E-state index contributed by atoms with van der Waals surface area (Å²) >= 11 is 0. The number of aliphatic hydroxyl groups is 1. The number of aliphatic hydroxyl groups excluding tert-OH is 1. The molecule has 2 rings (SSSR count). The Labute approximate surface area is 82.7 Å². The van der Waals surface area contributed by atoms with Crippen molar-refractivity contribution >= 4 is 5.71 Å². The van der Waals surface area contributed by atoms with Gasteiger partial charge < -0.3 is 10.3 Å². The first-order valence-electron chi connectivity index (χ1n) is 4.59. The summed E-state index contributed by atoms with van der Waals surface area (Å²) in [4.78, 5) is 0. The molecule has 1 unspecified atom stereocenters. The van der Waals surface area contributed by atoms with E-state index < -0.39 is 6.10 Å². The number of hydrogen-bond acceptors (Lipinski definition) is 3. The number of fused-ring (bicyclic) bond motifs is 1. The first kappa shape index (κ1) is 9.21. The van der Waals surface area contributed by atoms with Crippen LogP contribution in [0.4, 0.5) is 0 Å². The molecule has 0 spiro atoms. The first-order valence-corrected chi connectivity index (χ1v) is 4.59. The molecule has 0 radical (unpaired) electrons. The van der Waals surface area contributed by atoms with Crippen molar-refractivity contribution in [2.45, 2.75) is 25.4 Å². The summed E-state index contributed by atoms with van der Waals surface area (Å²) in [6.45, 7) is 3.88. The van der Waals surface area contributed by atoms with Crippen molar-refractivity contribution in [3.8, 4) is 0 Å². The van der Waals surface area contributed by atoms with Crippen LogP contribution < -0.4 is 0 Å². The van der Waals surface area contributed by atoms with Crippen LogP contribution in [0.1, 0.15) is 31.1 Å². The molecule has 1 atom stereocenters. The van der Waals surface area contributed by atoms with Crippen LogP contribution in [0.5, 0.6) is 0 Å². The van der Waals surface area contributed by atoms with E-state index in [1.807, 2.05) is 38.1 Å². The Morgan fingerprint density at radius 1 is 1.29 bits per heavy atom. The van der Waals surface area contributed by atoms with E-state index in [1.165, 1.54) is 0 Å². The largest absolute Gasteiger partial charge is 0.411 e. The van der Waals surface area contributed by atoms with Gasteiger partial charge in [0.15, 0.2) is 0 Å². The van der Waals surface area contributed by atoms with Gasteiger partial charge in [0.05, 0.1) is 5.71 Å². The van der Waals surface area contributed by atoms with Crippen LogP contribution in [0.15, 0.2) is 29.4 Å². The van der Waals surface area contributed by atoms with E-state index in [4.69, 9.17) is 5.21 Å². The van der Waals surface area contributed by atoms with E-state index in [2.05, 4.69) is 5.16 Å². The molecule has 2 N–H and O–H groups in total. The summed E-state index contributed by atoms with van der Waals surface area (Å²) in [7, 11) is 0. The first-order chi connectivity index (χ1) is 6.59. The zero-order chi connectivity index (χ0) is 10.3. The molecule has 0 heterocycles. The SMILES string of the molecule is CC1(C)/C(=N/O)C(O)c2ccccc21. The molecule has 0 saturated heterocycles. The Balaban J connectivity index is 2.67. The monoisotopic (exact) mass is 191 g/mol. The van der Waals surface area contributed by atoms with Crippen molar-refractivity contribution in [3.05, 3.63) is 35.4 Å². The maximum absolute atomic E-state index is 9.89. The average molecular weight is 191 g/mol. The lowest BCUT2D eigenvalue weighted by Gasteiger charge is -2.19. The predicted molar refractivity (Wildman–Crippen MR) is 53.6 cm³/mol. The molecular formula is C11H13NO2. The standard InChI is InChI=1S/C11H13NO2/c1-11(2)8-6-4-3-5-7(8)9(13)10(11)12-14/h3-6,9,13-14H,1-2H3/b12-10+. The molecule has 0 amide bonds. The van der Waals surface area contributed by atoms with Gasteiger partial charge in [-0.25, -0.2) is 0 Å². The molecule has 1 aliphatic carbocycles. The third-order valence-corrected chi connectivity index (χ3v) is 2.94. The summed E-state index contributed by atoms with van der Waals surface area (Å²) < 4.78 is 0. The van der Waals surface area contributed by atoms with E-state index in [1.54, 1.807) is 0 Å². The fraction of sp³-hybridized carbons (Fsp3) is 0.364. The third-order valence-electron chi connectivity index (χ3n) is 2.94. The number of nitrogens with zero attached hydrogens (tertiary/aromatic N) is 1. The zero-order valence-corrected chi connectivity index (χ0v) is 8.23. The van der Waals surface area contributed by atoms with Crippen LogP contribution in [-0.2, 0) is 5.41 Å². The Morgan fingerprint density at radius 2 is 1.93 bits per heavy atom. The normalized spacial score (nSPS) is 26.5. The lowest BCUT2D eigenvalue weighted by Crippen LogP contribution is -2.26. The molecular weight excluding hydrogens is 178 g/mol. The molecule has 0 aromatic heterocycles. The fourth-order valence-electron chi connectivity index (χ4n) is 2.11. The van der Waals surface area contributed by atoms with Gasteiger partial charge in [0.2, 0.25) is 0 Å². The summed E-state index contributed by atoms with van der Waals surface area (Å²) in [6.07, 6.45) is -0.772. The van der Waals surface area contributed by atoms with Crippen molar-refractivity contribution in [2.24, 2.45) is 5.16 Å². The zero-order valence-electron chi connectivity index (χ0n) is 8.23. The lowest BCUT2D eigenvalue weighted by molar-refractivity contribution is 0.234. The van der Waals surface area contributed by atoms with E-state index in [9.17, 15) is 5.11 Å². The second kappa shape index (κ2) is 2.82. The topological polar surface area (TPSA) is 52.8 Å². The lowest BCUT2D eigenvalue weighted by atomic mass is 9.85. The second-order valence-electron chi connectivity index (χ2n) is 4.10. The molecule has 3 nitrogen and oxygen atoms in total. The molecule has 0 fully saturated rings. The average Bonchev–Trinajstić information content (AvgIpc) is 2.36. The number of benzene rings is 1. The summed E-state index contributed by atoms with van der Waals surface area (Å²) in [5, 5.41) is 22.0. The highest BCUT2D eigenvalue weighted by Gasteiger charge is 2.42. The van der Waals surface area contributed by atoms with Gasteiger partial charge in [0.1, 0.15) is 6.10 Å². The van der Waals surface area contributed by atoms with E-state index in [-0.39, 0.29) is 5.41 Å². The van der Waals surface area contributed by atoms with E-state index in [0.717, 1.165) is 11.1 Å². The van der Waals surface area contributed by atoms with Gasteiger partial charge in [-0.05, 0) is 11.1 Å². The quantitative estimate of drug-likeness (QED) is 0.485. The number of rotatable bonds is 0. The molecule has 0 aliphatic heterocycles. The molecule has 1 aliphatic rings. The summed E-state index contributed by atoms with van der Waals surface area (Å²) in [5.74, 6) is 0. The Bertz CT molecular complexity index is 396. The van der Waals surface area contributed by atoms with Gasteiger partial charge in [0.25, 0.3) is 0 Å². The molecule has 0 saturated carbocycles. The van der Waals surface area contributed by atoms with Gasteiger partial charge in [-0.2, -0.15) is 0 Å². The van der Waals surface area contributed by atoms with Crippen molar-refractivity contribution in [2.75, 3.05) is 0 Å². The molecule has 1 aromatic carbocycles. The Morgan fingerprint density at radius 3 is 2.50 bits per heavy atom. The maximum atomic E-state index is 9.89. The van der Waals surface area contributed by atoms with E-state index in [0.29, 0.717) is 5.71 Å². The van der Waals surface area contributed by atoms with Gasteiger partial charge in [-0.15, -0.1) is 0 Å². The second-order valence-corrected chi connectivity index (χ2v) is 4.10. The van der Waals surface area contributed by atoms with Crippen LogP contribution in [0.2, 0.25) is 0 Å². The number of oxime groups is 1.